The van der Waals surface area contributed by atoms with Crippen LogP contribution in [0.4, 0.5) is 0 Å². The lowest BCUT2D eigenvalue weighted by atomic mass is 9.96. The Balaban J connectivity index is 6.83. The van der Waals surface area contributed by atoms with Crippen LogP contribution in [0.5, 0.6) is 0 Å². The third kappa shape index (κ3) is 38.8. The van der Waals surface area contributed by atoms with Gasteiger partial charge in [-0.2, -0.15) is 24.4 Å². The lowest BCUT2D eigenvalue weighted by molar-refractivity contribution is -0.143. The third-order valence-electron chi connectivity index (χ3n) is 16.2. The number of carboxylic acids is 3. The Morgan fingerprint density at radius 3 is 1.11 bits per heavy atom. The number of aliphatic hydroxyl groups excluding tert-OH is 2. The zero-order chi connectivity index (χ0) is 82.8. The van der Waals surface area contributed by atoms with E-state index < -0.39 is 279 Å². The molecule has 0 aromatic heterocycles. The van der Waals surface area contributed by atoms with Crippen LogP contribution in [0.3, 0.4) is 0 Å². The largest absolute Gasteiger partial charge is 0.481 e. The number of carboxylic acid groups (broad SMARTS) is 3. The molecule has 0 unspecified atom stereocenters. The molecule has 0 aromatic carbocycles. The third-order valence-corrected chi connectivity index (χ3v) is 17.2. The second-order valence-electron chi connectivity index (χ2n) is 26.3. The number of thiol groups is 1. The van der Waals surface area contributed by atoms with E-state index in [1.54, 1.807) is 40.9 Å². The van der Waals surface area contributed by atoms with Gasteiger partial charge >= 0.3 is 17.9 Å². The topological polar surface area (TPSA) is 712 Å². The first-order chi connectivity index (χ1) is 50.5. The number of unbranched alkanes of at least 4 members (excludes halogenated alkanes) is 1. The maximum absolute atomic E-state index is 14.3. The number of amides is 16. The van der Waals surface area contributed by atoms with Gasteiger partial charge in [-0.25, -0.2) is 4.79 Å². The minimum atomic E-state index is -2.07. The molecule has 16 amide bonds. The molecule has 0 bridgehead atoms. The van der Waals surface area contributed by atoms with E-state index in [0.717, 1.165) is 6.92 Å². The van der Waals surface area contributed by atoms with Gasteiger partial charge in [-0.1, -0.05) is 48.0 Å². The lowest BCUT2D eigenvalue weighted by Crippen LogP contribution is -2.62. The van der Waals surface area contributed by atoms with E-state index in [4.69, 9.17) is 28.7 Å². The van der Waals surface area contributed by atoms with Crippen LogP contribution < -0.4 is 97.8 Å². The second kappa shape index (κ2) is 51.7. The van der Waals surface area contributed by atoms with E-state index in [0.29, 0.717) is 5.75 Å². The molecule has 0 saturated heterocycles. The summed E-state index contributed by atoms with van der Waals surface area (Å²) in [6.45, 7) is 8.90. The Morgan fingerprint density at radius 1 is 0.389 bits per heavy atom. The van der Waals surface area contributed by atoms with E-state index >= 15 is 0 Å². The predicted molar refractivity (Wildman–Crippen MR) is 388 cm³/mol. The minimum absolute atomic E-state index is 0.0521. The van der Waals surface area contributed by atoms with Crippen LogP contribution in [-0.2, 0) is 91.1 Å². The molecule has 0 aliphatic rings. The summed E-state index contributed by atoms with van der Waals surface area (Å²) in [5, 5.41) is 78.4. The first-order valence-electron chi connectivity index (χ1n) is 34.7. The van der Waals surface area contributed by atoms with Crippen molar-refractivity contribution < 1.29 is 117 Å². The van der Waals surface area contributed by atoms with Gasteiger partial charge in [-0.15, -0.1) is 0 Å². The highest BCUT2D eigenvalue weighted by atomic mass is 32.2. The summed E-state index contributed by atoms with van der Waals surface area (Å²) in [6, 6.07) is -23.3. The normalized spacial score (nSPS) is 15.3. The Bertz CT molecular complexity index is 3120. The number of nitrogens with one attached hydrogen (secondary N) is 13. The van der Waals surface area contributed by atoms with Gasteiger partial charge < -0.3 is 123 Å². The molecule has 0 saturated carbocycles. The highest BCUT2D eigenvalue weighted by Gasteiger charge is 2.39. The number of aliphatic hydroxyl groups is 2. The number of carbonyl (C=O) groups is 19. The van der Waals surface area contributed by atoms with E-state index in [1.165, 1.54) is 18.7 Å². The highest BCUT2D eigenvalue weighted by molar-refractivity contribution is 7.98. The van der Waals surface area contributed by atoms with Crippen molar-refractivity contribution in [3.8, 4) is 0 Å². The number of thioether (sulfide) groups is 1. The molecular weight excluding hydrogens is 1470 g/mol. The van der Waals surface area contributed by atoms with Crippen LogP contribution in [-0.4, -0.2) is 260 Å². The number of nitrogens with two attached hydrogens (primary N) is 5. The number of hydrogen-bond donors (Lipinski definition) is 24. The van der Waals surface area contributed by atoms with Crippen molar-refractivity contribution in [3.63, 3.8) is 0 Å². The van der Waals surface area contributed by atoms with Crippen LogP contribution in [0.15, 0.2) is 0 Å². The number of hydrogen-bond acceptors (Lipinski definition) is 25. The van der Waals surface area contributed by atoms with Gasteiger partial charge in [0.05, 0.1) is 32.1 Å². The van der Waals surface area contributed by atoms with Crippen LogP contribution in [0.25, 0.3) is 0 Å². The van der Waals surface area contributed by atoms with Gasteiger partial charge in [-0.05, 0) is 101 Å². The molecule has 0 aromatic rings. The Hall–Kier alpha value is -9.53. The summed E-state index contributed by atoms with van der Waals surface area (Å²) in [7, 11) is 0. The quantitative estimate of drug-likeness (QED) is 0.0199. The Kier molecular flexibility index (Phi) is 47.1. The van der Waals surface area contributed by atoms with Crippen LogP contribution in [0.1, 0.15) is 145 Å². The standard InChI is InChI=1S/C64H110N18O24S2/c1-9-31(6)50(82-62(103)44(28-107)81-51(92)32(7)70-60(101)42(26-83)80-56(97)37(15-18-49(90)91)74-61(102)43(27-84)79-52(93)33(66)19-21-108-8)63(104)77-38(22-29(2)3)57(98)75-40(25-47(69)87)59(100)76-39(24-46(68)86)58(99)73-35(13-16-45(67)85)54(95)71-34(12-10-11-20-65)53(94)72-36(14-17-48(88)89)55(96)78-41(64(105)106)23-30(4)5/h29-44,50,83-84,107H,9-28,65-66H2,1-8H3,(H2,67,85)(H2,68,86)(H2,69,87)(H,70,101)(H,71,95)(H,72,94)(H,73,99)(H,74,102)(H,75,98)(H,76,100)(H,77,104)(H,78,96)(H,79,93)(H,80,97)(H,81,92)(H,82,103)(H,88,89)(H,90,91)(H,105,106)/t31-,32-,33-,34-,35-,36-,37-,38-,39-,40-,41-,42-,43-,44-,50-/m0/s1. The second-order valence-corrected chi connectivity index (χ2v) is 27.7. The molecule has 44 heteroatoms. The smallest absolute Gasteiger partial charge is 0.326 e. The zero-order valence-electron chi connectivity index (χ0n) is 61.7. The van der Waals surface area contributed by atoms with Crippen molar-refractivity contribution in [2.75, 3.05) is 37.5 Å². The van der Waals surface area contributed by atoms with Gasteiger partial charge in [0.15, 0.2) is 0 Å². The van der Waals surface area contributed by atoms with E-state index in [-0.39, 0.29) is 57.4 Å². The molecule has 0 radical (unpaired) electrons. The molecule has 612 valence electrons. The predicted octanol–water partition coefficient (Wildman–Crippen LogP) is -8.60. The zero-order valence-corrected chi connectivity index (χ0v) is 63.4. The minimum Gasteiger partial charge on any atom is -0.481 e. The molecule has 0 spiro atoms. The maximum atomic E-state index is 14.3. The molecule has 0 aliphatic carbocycles. The summed E-state index contributed by atoms with van der Waals surface area (Å²) in [4.78, 5) is 251. The molecule has 42 nitrogen and oxygen atoms in total. The van der Waals surface area contributed by atoms with Crippen molar-refractivity contribution in [2.24, 2.45) is 46.4 Å². The summed E-state index contributed by atoms with van der Waals surface area (Å²) in [5.74, 6) is -23.8. The molecule has 0 fully saturated rings. The van der Waals surface area contributed by atoms with Crippen LogP contribution in [0, 0.1) is 17.8 Å². The fraction of sp³-hybridized carbons (Fsp3) is 0.703. The van der Waals surface area contributed by atoms with Crippen molar-refractivity contribution >= 4 is 137 Å². The van der Waals surface area contributed by atoms with E-state index in [1.807, 2.05) is 0 Å². The number of aliphatic carboxylic acids is 3. The molecule has 108 heavy (non-hydrogen) atoms. The summed E-state index contributed by atoms with van der Waals surface area (Å²) in [6.07, 6.45) is -3.73. The van der Waals surface area contributed by atoms with Gasteiger partial charge in [0.1, 0.15) is 78.5 Å². The Morgan fingerprint density at radius 2 is 0.731 bits per heavy atom. The summed E-state index contributed by atoms with van der Waals surface area (Å²) in [5.41, 5.74) is 27.9. The number of rotatable bonds is 56. The fourth-order valence-corrected chi connectivity index (χ4v) is 10.7. The molecular formula is C64H110N18O24S2. The van der Waals surface area contributed by atoms with Gasteiger partial charge in [0, 0.05) is 25.0 Å². The monoisotopic (exact) mass is 1580 g/mol. The van der Waals surface area contributed by atoms with E-state index in [2.05, 4.69) is 81.7 Å². The molecule has 0 heterocycles. The van der Waals surface area contributed by atoms with E-state index in [9.17, 15) is 117 Å². The first kappa shape index (κ1) is 98.5. The molecule has 0 aliphatic heterocycles. The van der Waals surface area contributed by atoms with Gasteiger partial charge in [0.25, 0.3) is 0 Å². The summed E-state index contributed by atoms with van der Waals surface area (Å²) < 4.78 is 0. The lowest BCUT2D eigenvalue weighted by Gasteiger charge is -2.30. The summed E-state index contributed by atoms with van der Waals surface area (Å²) >= 11 is 5.57. The number of carbonyl (C=O) groups excluding carboxylic acids is 16. The Labute approximate surface area is 633 Å². The van der Waals surface area contributed by atoms with Crippen LogP contribution in [0.2, 0.25) is 0 Å². The van der Waals surface area contributed by atoms with Crippen molar-refractivity contribution in [1.29, 1.82) is 0 Å². The number of primary amides is 3. The van der Waals surface area contributed by atoms with Crippen LogP contribution >= 0.6 is 24.4 Å². The van der Waals surface area contributed by atoms with Crippen molar-refractivity contribution in [3.05, 3.63) is 0 Å². The first-order valence-corrected chi connectivity index (χ1v) is 36.8. The fourth-order valence-electron chi connectivity index (χ4n) is 9.92. The average Bonchev–Trinajstić information content (AvgIpc) is 0.858. The molecule has 28 N–H and O–H groups in total. The van der Waals surface area contributed by atoms with Crippen molar-refractivity contribution in [1.82, 2.24) is 69.1 Å². The SMILES string of the molecule is CC[C@H](C)[C@H](NC(=O)[C@H](CS)NC(=O)[C@H](C)NC(=O)[C@H](CO)NC(=O)[C@H](CCC(=O)O)NC(=O)[C@H](CO)NC(=O)[C@@H](N)CCSC)C(=O)N[C@@H](CC(C)C)C(=O)N[C@@H](CC(N)=O)C(=O)N[C@@H](CC(N)=O)C(=O)N[C@@H](CCC(N)=O)C(=O)N[C@@H](CCCCN)C(=O)N[C@@H](CCC(=O)O)C(=O)N[C@@H](CC(C)C)C(=O)O. The molecule has 0 rings (SSSR count). The molecule has 15 atom stereocenters. The maximum Gasteiger partial charge on any atom is 0.326 e. The van der Waals surface area contributed by atoms with Gasteiger partial charge in [-0.3, -0.25) is 86.3 Å². The average molecular weight is 1580 g/mol. The van der Waals surface area contributed by atoms with Gasteiger partial charge in [0.2, 0.25) is 94.5 Å². The van der Waals surface area contributed by atoms with Crippen molar-refractivity contribution in [2.45, 2.75) is 229 Å². The highest BCUT2D eigenvalue weighted by Crippen LogP contribution is 2.15.